The Kier molecular flexibility index (Phi) is 6.63. The number of halogens is 2. The predicted molar refractivity (Wildman–Crippen MR) is 130 cm³/mol. The first kappa shape index (κ1) is 24.8. The molecule has 0 radical (unpaired) electrons. The number of alkyl halides is 2. The molecule has 13 heteroatoms. The Bertz CT molecular complexity index is 1510. The maximum absolute atomic E-state index is 13.8. The fourth-order valence-corrected chi connectivity index (χ4v) is 6.30. The van der Waals surface area contributed by atoms with Crippen LogP contribution in [0, 0.1) is 0 Å². The van der Waals surface area contributed by atoms with Gasteiger partial charge in [-0.3, -0.25) is 9.10 Å². The molecule has 5 rings (SSSR count). The van der Waals surface area contributed by atoms with E-state index in [2.05, 4.69) is 15.2 Å². The average Bonchev–Trinajstić information content (AvgIpc) is 3.54. The number of hydrogen-bond acceptors (Lipinski definition) is 7. The summed E-state index contributed by atoms with van der Waals surface area (Å²) in [5.74, 6) is -0.893. The fraction of sp³-hybridized carbons (Fsp3) is 0.333. The van der Waals surface area contributed by atoms with E-state index in [1.54, 1.807) is 58.1 Å². The van der Waals surface area contributed by atoms with Crippen LogP contribution < -0.4 is 4.31 Å². The van der Waals surface area contributed by atoms with E-state index < -0.39 is 27.6 Å². The number of aromatic nitrogens is 4. The zero-order chi connectivity index (χ0) is 26.2. The molecule has 1 aliphatic heterocycles. The highest BCUT2D eigenvalue weighted by Crippen LogP contribution is 2.29. The summed E-state index contributed by atoms with van der Waals surface area (Å²) in [6, 6.07) is 12.0. The van der Waals surface area contributed by atoms with Gasteiger partial charge in [0.15, 0.2) is 0 Å². The summed E-state index contributed by atoms with van der Waals surface area (Å²) in [7, 11) is -3.78. The van der Waals surface area contributed by atoms with Crippen molar-refractivity contribution in [3.05, 3.63) is 66.4 Å². The third kappa shape index (κ3) is 5.03. The van der Waals surface area contributed by atoms with Gasteiger partial charge in [0.1, 0.15) is 5.65 Å². The molecule has 1 aromatic carbocycles. The smallest absolute Gasteiger partial charge is 0.314 e. The number of para-hydroxylation sites is 1. The Balaban J connectivity index is 1.43. The lowest BCUT2D eigenvalue weighted by Crippen LogP contribution is -2.46. The van der Waals surface area contributed by atoms with Crippen molar-refractivity contribution in [2.24, 2.45) is 0 Å². The molecule has 3 aromatic heterocycles. The molecule has 37 heavy (non-hydrogen) atoms. The molecule has 1 fully saturated rings. The SMILES string of the molecule is CC(=O)N1CCC(S(=O)(=O)N(Cc2cn3ccc(-c4nnc(C(F)F)o4)cc3n2)c2ccccc2)CC1. The maximum Gasteiger partial charge on any atom is 0.314 e. The van der Waals surface area contributed by atoms with Gasteiger partial charge in [0.05, 0.1) is 23.2 Å². The van der Waals surface area contributed by atoms with Gasteiger partial charge < -0.3 is 13.7 Å². The number of nitrogens with zero attached hydrogens (tertiary/aromatic N) is 6. The molecule has 1 amide bonds. The van der Waals surface area contributed by atoms with Gasteiger partial charge in [-0.05, 0) is 37.1 Å². The normalized spacial score (nSPS) is 15.0. The van der Waals surface area contributed by atoms with Gasteiger partial charge in [-0.15, -0.1) is 10.2 Å². The van der Waals surface area contributed by atoms with Gasteiger partial charge in [-0.2, -0.15) is 8.78 Å². The van der Waals surface area contributed by atoms with Gasteiger partial charge in [0, 0.05) is 38.0 Å². The second-order valence-corrected chi connectivity index (χ2v) is 10.9. The summed E-state index contributed by atoms with van der Waals surface area (Å²) in [5, 5.41) is 6.38. The van der Waals surface area contributed by atoms with Gasteiger partial charge in [0.25, 0.3) is 5.89 Å². The Morgan fingerprint density at radius 2 is 1.89 bits per heavy atom. The molecule has 10 nitrogen and oxygen atoms in total. The highest BCUT2D eigenvalue weighted by Gasteiger charge is 2.36. The highest BCUT2D eigenvalue weighted by molar-refractivity contribution is 7.93. The minimum Gasteiger partial charge on any atom is -0.415 e. The first-order valence-electron chi connectivity index (χ1n) is 11.6. The van der Waals surface area contributed by atoms with Crippen LogP contribution >= 0.6 is 0 Å². The first-order chi connectivity index (χ1) is 17.7. The number of carbonyl (C=O) groups is 1. The number of piperidine rings is 1. The van der Waals surface area contributed by atoms with Crippen molar-refractivity contribution in [3.63, 3.8) is 0 Å². The third-order valence-electron chi connectivity index (χ3n) is 6.35. The number of sulfonamides is 1. The van der Waals surface area contributed by atoms with E-state index in [1.807, 2.05) is 6.07 Å². The van der Waals surface area contributed by atoms with Crippen molar-refractivity contribution in [1.29, 1.82) is 0 Å². The lowest BCUT2D eigenvalue weighted by Gasteiger charge is -2.34. The van der Waals surface area contributed by atoms with Crippen molar-refractivity contribution in [3.8, 4) is 11.5 Å². The van der Waals surface area contributed by atoms with E-state index in [9.17, 15) is 22.0 Å². The number of anilines is 1. The molecule has 0 saturated carbocycles. The largest absolute Gasteiger partial charge is 0.415 e. The molecule has 1 saturated heterocycles. The first-order valence-corrected chi connectivity index (χ1v) is 13.1. The summed E-state index contributed by atoms with van der Waals surface area (Å²) in [5.41, 5.74) is 1.88. The fourth-order valence-electron chi connectivity index (χ4n) is 4.40. The summed E-state index contributed by atoms with van der Waals surface area (Å²) in [6.45, 7) is 2.26. The van der Waals surface area contributed by atoms with E-state index in [1.165, 1.54) is 11.2 Å². The van der Waals surface area contributed by atoms with Crippen molar-refractivity contribution in [2.45, 2.75) is 38.0 Å². The Morgan fingerprint density at radius 3 is 2.54 bits per heavy atom. The van der Waals surface area contributed by atoms with Gasteiger partial charge >= 0.3 is 6.43 Å². The molecule has 0 N–H and O–H groups in total. The summed E-state index contributed by atoms with van der Waals surface area (Å²) >= 11 is 0. The number of benzene rings is 1. The van der Waals surface area contributed by atoms with E-state index in [-0.39, 0.29) is 18.3 Å². The predicted octanol–water partition coefficient (Wildman–Crippen LogP) is 3.67. The number of amides is 1. The number of fused-ring (bicyclic) bond motifs is 1. The van der Waals surface area contributed by atoms with E-state index in [0.717, 1.165) is 0 Å². The number of imidazole rings is 1. The van der Waals surface area contributed by atoms with Crippen LogP contribution in [0.25, 0.3) is 17.1 Å². The zero-order valence-corrected chi connectivity index (χ0v) is 20.7. The number of carbonyl (C=O) groups excluding carboxylic acids is 1. The average molecular weight is 531 g/mol. The molecular weight excluding hydrogens is 506 g/mol. The van der Waals surface area contributed by atoms with Crippen molar-refractivity contribution in [1.82, 2.24) is 24.5 Å². The topological polar surface area (TPSA) is 114 Å². The van der Waals surface area contributed by atoms with Crippen molar-refractivity contribution in [2.75, 3.05) is 17.4 Å². The molecule has 0 unspecified atom stereocenters. The zero-order valence-electron chi connectivity index (χ0n) is 19.9. The summed E-state index contributed by atoms with van der Waals surface area (Å²) < 4.78 is 61.3. The van der Waals surface area contributed by atoms with Gasteiger partial charge in [0.2, 0.25) is 21.8 Å². The van der Waals surface area contributed by atoms with E-state index in [4.69, 9.17) is 4.42 Å². The minimum atomic E-state index is -3.78. The Hall–Kier alpha value is -3.87. The lowest BCUT2D eigenvalue weighted by atomic mass is 10.1. The van der Waals surface area contributed by atoms with Crippen LogP contribution in [0.3, 0.4) is 0 Å². The second-order valence-electron chi connectivity index (χ2n) is 8.75. The number of likely N-dealkylation sites (tertiary alicyclic amines) is 1. The molecule has 194 valence electrons. The van der Waals surface area contributed by atoms with Crippen LogP contribution in [-0.2, 0) is 21.4 Å². The summed E-state index contributed by atoms with van der Waals surface area (Å²) in [4.78, 5) is 17.9. The Labute approximate surface area is 211 Å². The molecule has 4 aromatic rings. The van der Waals surface area contributed by atoms with Crippen LogP contribution in [0.2, 0.25) is 0 Å². The molecule has 1 aliphatic rings. The molecule has 4 heterocycles. The minimum absolute atomic E-state index is 0.00757. The maximum atomic E-state index is 13.8. The molecule has 0 atom stereocenters. The third-order valence-corrected chi connectivity index (χ3v) is 8.62. The van der Waals surface area contributed by atoms with Crippen LogP contribution in [0.4, 0.5) is 14.5 Å². The van der Waals surface area contributed by atoms with Crippen LogP contribution in [0.15, 0.2) is 59.3 Å². The molecule has 0 spiro atoms. The van der Waals surface area contributed by atoms with Crippen molar-refractivity contribution >= 4 is 27.3 Å². The number of pyridine rings is 1. The summed E-state index contributed by atoms with van der Waals surface area (Å²) in [6.07, 6.45) is 1.20. The van der Waals surface area contributed by atoms with Gasteiger partial charge in [-0.25, -0.2) is 13.4 Å². The van der Waals surface area contributed by atoms with E-state index in [0.29, 0.717) is 48.5 Å². The molecule has 0 bridgehead atoms. The highest BCUT2D eigenvalue weighted by atomic mass is 32.2. The second kappa shape index (κ2) is 9.88. The molecule has 0 aliphatic carbocycles. The van der Waals surface area contributed by atoms with Crippen LogP contribution in [0.1, 0.15) is 37.8 Å². The quantitative estimate of drug-likeness (QED) is 0.358. The molecular formula is C24H24F2N6O4S. The standard InChI is InChI=1S/C24H24F2N6O4S/c1-16(33)30-11-8-20(9-12-30)37(34,35)32(19-5-3-2-4-6-19)15-18-14-31-10-7-17(13-21(31)27-18)23-28-29-24(36-23)22(25)26/h2-7,10,13-14,20,22H,8-9,11-12,15H2,1H3. The van der Waals surface area contributed by atoms with Crippen molar-refractivity contribution < 1.29 is 26.4 Å². The number of rotatable bonds is 7. The Morgan fingerprint density at radius 1 is 1.16 bits per heavy atom. The van der Waals surface area contributed by atoms with Crippen LogP contribution in [-0.4, -0.2) is 57.1 Å². The van der Waals surface area contributed by atoms with Gasteiger partial charge in [-0.1, -0.05) is 18.2 Å². The lowest BCUT2D eigenvalue weighted by molar-refractivity contribution is -0.129. The monoisotopic (exact) mass is 530 g/mol. The van der Waals surface area contributed by atoms with E-state index >= 15 is 0 Å². The number of hydrogen-bond donors (Lipinski definition) is 0. The van der Waals surface area contributed by atoms with Crippen LogP contribution in [0.5, 0.6) is 0 Å².